The van der Waals surface area contributed by atoms with Gasteiger partial charge < -0.3 is 24.3 Å². The van der Waals surface area contributed by atoms with Crippen LogP contribution in [0.2, 0.25) is 0 Å². The normalized spacial score (nSPS) is 27.0. The fourth-order valence-electron chi connectivity index (χ4n) is 5.75. The molecule has 3 N–H and O–H groups in total. The Hall–Kier alpha value is -2.43. The third-order valence-electron chi connectivity index (χ3n) is 7.36. The van der Waals surface area contributed by atoms with E-state index in [1.807, 2.05) is 13.8 Å². The number of imide groups is 1. The molecule has 0 bridgehead atoms. The number of aliphatic hydroxyl groups is 1. The van der Waals surface area contributed by atoms with Crippen LogP contribution in [-0.4, -0.2) is 51.6 Å². The summed E-state index contributed by atoms with van der Waals surface area (Å²) in [5, 5.41) is 29.1. The van der Waals surface area contributed by atoms with E-state index in [1.54, 1.807) is 12.1 Å². The van der Waals surface area contributed by atoms with Crippen LogP contribution in [0.15, 0.2) is 27.6 Å². The van der Waals surface area contributed by atoms with Crippen molar-refractivity contribution >= 4 is 24.9 Å². The maximum Gasteiger partial charge on any atom is 0.487 e. The molecule has 0 unspecified atom stereocenters. The summed E-state index contributed by atoms with van der Waals surface area (Å²) < 4.78 is 11.5. The first-order valence-electron chi connectivity index (χ1n) is 12.1. The minimum absolute atomic E-state index is 0.0737. The molecule has 0 aromatic carbocycles. The largest absolute Gasteiger partial charge is 0.487 e. The van der Waals surface area contributed by atoms with Crippen molar-refractivity contribution in [1.82, 2.24) is 4.90 Å². The van der Waals surface area contributed by atoms with Gasteiger partial charge in [0.1, 0.15) is 24.2 Å². The fourth-order valence-corrected chi connectivity index (χ4v) is 5.75. The molecule has 34 heavy (non-hydrogen) atoms. The molecule has 2 aliphatic heterocycles. The molecule has 4 rings (SSSR count). The molecule has 2 fully saturated rings. The maximum absolute atomic E-state index is 13.5. The number of carboxylic acids is 1. The quantitative estimate of drug-likeness (QED) is 0.283. The highest BCUT2D eigenvalue weighted by molar-refractivity contribution is 6.53. The second-order valence-corrected chi connectivity index (χ2v) is 9.79. The van der Waals surface area contributed by atoms with E-state index >= 15 is 0 Å². The smallest absolute Gasteiger partial charge is 0.481 e. The van der Waals surface area contributed by atoms with Gasteiger partial charge in [0, 0.05) is 13.0 Å². The zero-order valence-electron chi connectivity index (χ0n) is 19.6. The Labute approximate surface area is 198 Å². The van der Waals surface area contributed by atoms with Crippen molar-refractivity contribution in [2.75, 3.05) is 6.54 Å². The Morgan fingerprint density at radius 2 is 1.94 bits per heavy atom. The molecular formula is C24H32BNO8. The Kier molecular flexibility index (Phi) is 7.30. The summed E-state index contributed by atoms with van der Waals surface area (Å²) in [5.41, 5.74) is 1.68. The molecule has 2 amide bonds. The first-order chi connectivity index (χ1) is 16.2. The number of aliphatic carboxylic acids is 1. The number of hydrogen-bond acceptors (Lipinski definition) is 7. The van der Waals surface area contributed by atoms with Gasteiger partial charge in [-0.2, -0.15) is 0 Å². The summed E-state index contributed by atoms with van der Waals surface area (Å²) in [6.07, 6.45) is 2.01. The van der Waals surface area contributed by atoms with E-state index in [2.05, 4.69) is 0 Å². The molecule has 2 saturated heterocycles. The zero-order chi connectivity index (χ0) is 24.6. The van der Waals surface area contributed by atoms with E-state index in [0.717, 1.165) is 5.57 Å². The van der Waals surface area contributed by atoms with Crippen LogP contribution in [-0.2, 0) is 25.6 Å². The van der Waals surface area contributed by atoms with Gasteiger partial charge in [-0.25, -0.2) is 0 Å². The topological polar surface area (TPSA) is 138 Å². The molecule has 3 heterocycles. The number of hydrogen-bond donors (Lipinski definition) is 3. The first-order valence-corrected chi connectivity index (χ1v) is 12.1. The average molecular weight is 473 g/mol. The Morgan fingerprint density at radius 3 is 2.59 bits per heavy atom. The highest BCUT2D eigenvalue weighted by Crippen LogP contribution is 2.52. The van der Waals surface area contributed by atoms with Crippen LogP contribution in [0, 0.1) is 23.7 Å². The third-order valence-corrected chi connectivity index (χ3v) is 7.36. The maximum atomic E-state index is 13.5. The number of fused-ring (bicyclic) bond motifs is 3. The number of nitrogens with zero attached hydrogens (tertiary/aromatic N) is 1. The van der Waals surface area contributed by atoms with E-state index in [-0.39, 0.29) is 43.2 Å². The van der Waals surface area contributed by atoms with Gasteiger partial charge >= 0.3 is 13.1 Å². The predicted molar refractivity (Wildman–Crippen MR) is 121 cm³/mol. The average Bonchev–Trinajstić information content (AvgIpc) is 3.36. The van der Waals surface area contributed by atoms with Gasteiger partial charge in [0.15, 0.2) is 0 Å². The molecule has 1 aromatic rings. The number of carbonyl (C=O) groups excluding carboxylic acids is 2. The van der Waals surface area contributed by atoms with Crippen LogP contribution >= 0.6 is 0 Å². The van der Waals surface area contributed by atoms with Crippen LogP contribution < -0.4 is 0 Å². The van der Waals surface area contributed by atoms with E-state index in [1.165, 1.54) is 4.90 Å². The summed E-state index contributed by atoms with van der Waals surface area (Å²) in [4.78, 5) is 38.8. The zero-order valence-corrected chi connectivity index (χ0v) is 19.6. The van der Waals surface area contributed by atoms with Crippen LogP contribution in [0.4, 0.5) is 0 Å². The van der Waals surface area contributed by atoms with Gasteiger partial charge in [-0.1, -0.05) is 25.8 Å². The molecule has 1 aliphatic carbocycles. The first kappa shape index (κ1) is 24.7. The minimum Gasteiger partial charge on any atom is -0.481 e. The van der Waals surface area contributed by atoms with Gasteiger partial charge in [0.05, 0.1) is 11.8 Å². The van der Waals surface area contributed by atoms with Crippen molar-refractivity contribution in [2.45, 2.75) is 65.1 Å². The third kappa shape index (κ3) is 4.58. The molecule has 0 saturated carbocycles. The van der Waals surface area contributed by atoms with E-state index < -0.39 is 31.0 Å². The SMILES string of the molecule is CC(C)C1=C2B(O)O[C@H](c3ccc(CO)o3)C[C@H]2[C@H]2C(=O)N(CCCCCC(=O)O)C(=O)[C@H]2C1. The van der Waals surface area contributed by atoms with Gasteiger partial charge in [-0.15, -0.1) is 0 Å². The van der Waals surface area contributed by atoms with Crippen molar-refractivity contribution < 1.29 is 38.7 Å². The molecule has 184 valence electrons. The summed E-state index contributed by atoms with van der Waals surface area (Å²) in [6, 6.07) is 3.35. The van der Waals surface area contributed by atoms with Crippen molar-refractivity contribution in [3.05, 3.63) is 34.7 Å². The summed E-state index contributed by atoms with van der Waals surface area (Å²) >= 11 is 0. The van der Waals surface area contributed by atoms with E-state index in [4.69, 9.17) is 14.2 Å². The number of carbonyl (C=O) groups is 3. The lowest BCUT2D eigenvalue weighted by Crippen LogP contribution is -2.45. The van der Waals surface area contributed by atoms with Gasteiger partial charge in [0.25, 0.3) is 0 Å². The number of carboxylic acid groups (broad SMARTS) is 1. The number of rotatable bonds is 9. The van der Waals surface area contributed by atoms with Crippen LogP contribution in [0.5, 0.6) is 0 Å². The molecule has 4 atom stereocenters. The summed E-state index contributed by atoms with van der Waals surface area (Å²) in [5.74, 6) is -1.67. The molecule has 0 spiro atoms. The van der Waals surface area contributed by atoms with Gasteiger partial charge in [0.2, 0.25) is 11.8 Å². The Morgan fingerprint density at radius 1 is 1.18 bits per heavy atom. The standard InChI is InChI=1S/C24H32BNO8/c1-13(2)15-10-17-21(24(31)26(23(17)30)9-5-3-4-6-20(28)29)16-11-19(34-25(32)22(15)16)18-8-7-14(12-27)33-18/h7-8,13,16-17,19,21,27,32H,3-6,9-12H2,1-2H3,(H,28,29)/t16-,17-,19-,21+/m0/s1. The van der Waals surface area contributed by atoms with E-state index in [0.29, 0.717) is 49.1 Å². The van der Waals surface area contributed by atoms with Crippen LogP contribution in [0.1, 0.15) is 70.0 Å². The number of amides is 2. The monoisotopic (exact) mass is 473 g/mol. The van der Waals surface area contributed by atoms with Crippen molar-refractivity contribution in [3.8, 4) is 0 Å². The highest BCUT2D eigenvalue weighted by atomic mass is 16.5. The molecule has 10 heteroatoms. The lowest BCUT2D eigenvalue weighted by atomic mass is 9.54. The molecular weight excluding hydrogens is 441 g/mol. The Balaban J connectivity index is 1.57. The highest BCUT2D eigenvalue weighted by Gasteiger charge is 2.58. The lowest BCUT2D eigenvalue weighted by Gasteiger charge is -2.42. The number of unbranched alkanes of at least 4 members (excludes halogenated alkanes) is 2. The summed E-state index contributed by atoms with van der Waals surface area (Å²) in [7, 11) is -1.20. The number of likely N-dealkylation sites (tertiary alicyclic amines) is 1. The Bertz CT molecular complexity index is 985. The number of aliphatic hydroxyl groups excluding tert-OH is 1. The lowest BCUT2D eigenvalue weighted by molar-refractivity contribution is -0.141. The predicted octanol–water partition coefficient (Wildman–Crippen LogP) is 2.47. The van der Waals surface area contributed by atoms with Crippen molar-refractivity contribution in [1.29, 1.82) is 0 Å². The second kappa shape index (κ2) is 10.1. The van der Waals surface area contributed by atoms with E-state index in [9.17, 15) is 24.5 Å². The molecule has 0 radical (unpaired) electrons. The minimum atomic E-state index is -1.20. The van der Waals surface area contributed by atoms with Gasteiger partial charge in [-0.3, -0.25) is 19.3 Å². The second-order valence-electron chi connectivity index (χ2n) is 9.79. The fraction of sp³-hybridized carbons (Fsp3) is 0.625. The van der Waals surface area contributed by atoms with Crippen LogP contribution in [0.25, 0.3) is 0 Å². The molecule has 1 aromatic heterocycles. The molecule has 3 aliphatic rings. The van der Waals surface area contributed by atoms with Crippen molar-refractivity contribution in [2.24, 2.45) is 23.7 Å². The molecule has 9 nitrogen and oxygen atoms in total. The van der Waals surface area contributed by atoms with Crippen LogP contribution in [0.3, 0.4) is 0 Å². The summed E-state index contributed by atoms with van der Waals surface area (Å²) in [6.45, 7) is 4.06. The van der Waals surface area contributed by atoms with Gasteiger partial charge in [-0.05, 0) is 55.1 Å². The number of allylic oxidation sites excluding steroid dienone is 2. The number of furan rings is 1. The van der Waals surface area contributed by atoms with Crippen molar-refractivity contribution in [3.63, 3.8) is 0 Å².